The Bertz CT molecular complexity index is 510. The van der Waals surface area contributed by atoms with Gasteiger partial charge < -0.3 is 5.32 Å². The number of rotatable bonds is 5. The fourth-order valence-electron chi connectivity index (χ4n) is 1.65. The average molecular weight is 264 g/mol. The summed E-state index contributed by atoms with van der Waals surface area (Å²) in [5, 5.41) is 6.98. The van der Waals surface area contributed by atoms with E-state index in [1.165, 1.54) is 5.56 Å². The Morgan fingerprint density at radius 1 is 1.28 bits per heavy atom. The van der Waals surface area contributed by atoms with Crippen LogP contribution < -0.4 is 5.32 Å². The van der Waals surface area contributed by atoms with E-state index in [0.29, 0.717) is 13.1 Å². The van der Waals surface area contributed by atoms with Crippen LogP contribution in [0.2, 0.25) is 0 Å². The predicted molar refractivity (Wildman–Crippen MR) is 70.3 cm³/mol. The second-order valence-corrected chi connectivity index (χ2v) is 4.14. The van der Waals surface area contributed by atoms with Crippen molar-refractivity contribution in [3.8, 4) is 0 Å². The van der Waals surface area contributed by atoms with Crippen molar-refractivity contribution in [3.63, 3.8) is 0 Å². The zero-order valence-electron chi connectivity index (χ0n) is 9.84. The molecule has 0 aliphatic carbocycles. The van der Waals surface area contributed by atoms with Gasteiger partial charge in [-0.05, 0) is 11.6 Å². The van der Waals surface area contributed by atoms with Crippen LogP contribution in [-0.2, 0) is 17.9 Å². The molecule has 1 aromatic heterocycles. The highest BCUT2D eigenvalue weighted by molar-refractivity contribution is 6.27. The third-order valence-corrected chi connectivity index (χ3v) is 2.81. The minimum atomic E-state index is -0.177. The molecule has 5 heteroatoms. The van der Waals surface area contributed by atoms with Crippen LogP contribution in [0.1, 0.15) is 11.3 Å². The number of hydrogen-bond donors (Lipinski definition) is 1. The Kier molecular flexibility index (Phi) is 4.36. The molecule has 2 aromatic rings. The summed E-state index contributed by atoms with van der Waals surface area (Å²) in [5.41, 5.74) is 2.13. The summed E-state index contributed by atoms with van der Waals surface area (Å²) in [6.07, 6.45) is 1.73. The summed E-state index contributed by atoms with van der Waals surface area (Å²) in [4.78, 5) is 11.1. The van der Waals surface area contributed by atoms with Crippen LogP contribution >= 0.6 is 11.6 Å². The van der Waals surface area contributed by atoms with Crippen LogP contribution in [0.3, 0.4) is 0 Å². The molecule has 18 heavy (non-hydrogen) atoms. The van der Waals surface area contributed by atoms with Crippen LogP contribution in [-0.4, -0.2) is 21.6 Å². The van der Waals surface area contributed by atoms with Crippen LogP contribution in [0, 0.1) is 0 Å². The fraction of sp³-hybridized carbons (Fsp3) is 0.231. The molecule has 1 aromatic carbocycles. The highest BCUT2D eigenvalue weighted by Gasteiger charge is 2.05. The number of amides is 1. The second kappa shape index (κ2) is 6.21. The summed E-state index contributed by atoms with van der Waals surface area (Å²) in [7, 11) is 0. The average Bonchev–Trinajstić information content (AvgIpc) is 2.84. The molecule has 94 valence electrons. The predicted octanol–water partition coefficient (Wildman–Crippen LogP) is 1.79. The van der Waals surface area contributed by atoms with Crippen LogP contribution in [0.15, 0.2) is 42.6 Å². The van der Waals surface area contributed by atoms with Gasteiger partial charge in [0.15, 0.2) is 0 Å². The van der Waals surface area contributed by atoms with Gasteiger partial charge >= 0.3 is 0 Å². The monoisotopic (exact) mass is 263 g/mol. The maximum Gasteiger partial charge on any atom is 0.235 e. The lowest BCUT2D eigenvalue weighted by Gasteiger charge is -2.08. The summed E-state index contributed by atoms with van der Waals surface area (Å²) >= 11 is 5.43. The number of hydrogen-bond acceptors (Lipinski definition) is 2. The van der Waals surface area contributed by atoms with Gasteiger partial charge in [-0.2, -0.15) is 5.10 Å². The molecule has 0 aliphatic rings. The SMILES string of the molecule is O=C(CCl)NCc1ccnn1Cc1ccccc1. The number of nitrogens with zero attached hydrogens (tertiary/aromatic N) is 2. The molecular weight excluding hydrogens is 250 g/mol. The molecule has 1 heterocycles. The Morgan fingerprint density at radius 2 is 2.06 bits per heavy atom. The van der Waals surface area contributed by atoms with Crippen LogP contribution in [0.5, 0.6) is 0 Å². The van der Waals surface area contributed by atoms with Gasteiger partial charge in [0.05, 0.1) is 18.8 Å². The van der Waals surface area contributed by atoms with E-state index in [-0.39, 0.29) is 11.8 Å². The van der Waals surface area contributed by atoms with Gasteiger partial charge in [0.2, 0.25) is 5.91 Å². The van der Waals surface area contributed by atoms with Crippen molar-refractivity contribution in [1.29, 1.82) is 0 Å². The van der Waals surface area contributed by atoms with Gasteiger partial charge in [0.25, 0.3) is 0 Å². The lowest BCUT2D eigenvalue weighted by atomic mass is 10.2. The molecule has 0 spiro atoms. The van der Waals surface area contributed by atoms with E-state index in [0.717, 1.165) is 5.69 Å². The van der Waals surface area contributed by atoms with E-state index < -0.39 is 0 Å². The third-order valence-electron chi connectivity index (χ3n) is 2.57. The first-order chi connectivity index (χ1) is 8.79. The lowest BCUT2D eigenvalue weighted by Crippen LogP contribution is -2.25. The molecule has 0 saturated carbocycles. The number of halogens is 1. The normalized spacial score (nSPS) is 10.3. The summed E-state index contributed by atoms with van der Waals surface area (Å²) < 4.78 is 1.86. The minimum absolute atomic E-state index is 0.0210. The lowest BCUT2D eigenvalue weighted by molar-refractivity contribution is -0.118. The molecule has 2 rings (SSSR count). The van der Waals surface area contributed by atoms with Gasteiger partial charge in [-0.1, -0.05) is 30.3 Å². The van der Waals surface area contributed by atoms with Crippen molar-refractivity contribution in [2.45, 2.75) is 13.1 Å². The number of nitrogens with one attached hydrogen (secondary N) is 1. The Labute approximate surface area is 111 Å². The van der Waals surface area contributed by atoms with Crippen molar-refractivity contribution < 1.29 is 4.79 Å². The van der Waals surface area contributed by atoms with E-state index in [4.69, 9.17) is 11.6 Å². The van der Waals surface area contributed by atoms with Crippen LogP contribution in [0.25, 0.3) is 0 Å². The number of carbonyl (C=O) groups excluding carboxylic acids is 1. The quantitative estimate of drug-likeness (QED) is 0.836. The van der Waals surface area contributed by atoms with Crippen molar-refractivity contribution in [3.05, 3.63) is 53.9 Å². The van der Waals surface area contributed by atoms with E-state index in [2.05, 4.69) is 10.4 Å². The zero-order chi connectivity index (χ0) is 12.8. The second-order valence-electron chi connectivity index (χ2n) is 3.88. The van der Waals surface area contributed by atoms with Crippen molar-refractivity contribution in [2.24, 2.45) is 0 Å². The molecule has 1 amide bonds. The maximum absolute atomic E-state index is 11.1. The highest BCUT2D eigenvalue weighted by atomic mass is 35.5. The summed E-state index contributed by atoms with van der Waals surface area (Å²) in [6, 6.07) is 11.9. The van der Waals surface area contributed by atoms with Crippen LogP contribution in [0.4, 0.5) is 0 Å². The fourth-order valence-corrected chi connectivity index (χ4v) is 1.74. The molecule has 0 bridgehead atoms. The van der Waals surface area contributed by atoms with E-state index in [9.17, 15) is 4.79 Å². The molecule has 1 N–H and O–H groups in total. The summed E-state index contributed by atoms with van der Waals surface area (Å²) in [5.74, 6) is -0.198. The van der Waals surface area contributed by atoms with Crippen molar-refractivity contribution >= 4 is 17.5 Å². The van der Waals surface area contributed by atoms with E-state index in [1.807, 2.05) is 41.1 Å². The molecule has 0 saturated heterocycles. The molecule has 0 atom stereocenters. The smallest absolute Gasteiger partial charge is 0.235 e. The zero-order valence-corrected chi connectivity index (χ0v) is 10.6. The van der Waals surface area contributed by atoms with E-state index in [1.54, 1.807) is 6.20 Å². The maximum atomic E-state index is 11.1. The molecule has 0 fully saturated rings. The van der Waals surface area contributed by atoms with Gasteiger partial charge in [0.1, 0.15) is 5.88 Å². The number of alkyl halides is 1. The Hall–Kier alpha value is -1.81. The number of aromatic nitrogens is 2. The first-order valence-corrected chi connectivity index (χ1v) is 6.20. The van der Waals surface area contributed by atoms with Gasteiger partial charge in [-0.3, -0.25) is 9.48 Å². The van der Waals surface area contributed by atoms with Gasteiger partial charge in [0, 0.05) is 6.20 Å². The molecular formula is C13H14ClN3O. The first-order valence-electron chi connectivity index (χ1n) is 5.67. The first kappa shape index (κ1) is 12.6. The highest BCUT2D eigenvalue weighted by Crippen LogP contribution is 2.05. The largest absolute Gasteiger partial charge is 0.349 e. The van der Waals surface area contributed by atoms with Crippen molar-refractivity contribution in [2.75, 3.05) is 5.88 Å². The third kappa shape index (κ3) is 3.34. The molecule has 4 nitrogen and oxygen atoms in total. The number of benzene rings is 1. The number of carbonyl (C=O) groups is 1. The van der Waals surface area contributed by atoms with Gasteiger partial charge in [-0.25, -0.2) is 0 Å². The Balaban J connectivity index is 2.02. The topological polar surface area (TPSA) is 46.9 Å². The van der Waals surface area contributed by atoms with E-state index >= 15 is 0 Å². The molecule has 0 aliphatic heterocycles. The molecule has 0 unspecified atom stereocenters. The van der Waals surface area contributed by atoms with Crippen molar-refractivity contribution in [1.82, 2.24) is 15.1 Å². The standard InChI is InChI=1S/C13H14ClN3O/c14-8-13(18)15-9-12-6-7-16-17(12)10-11-4-2-1-3-5-11/h1-7H,8-10H2,(H,15,18). The Morgan fingerprint density at radius 3 is 2.78 bits per heavy atom. The minimum Gasteiger partial charge on any atom is -0.349 e. The summed E-state index contributed by atoms with van der Waals surface area (Å²) in [6.45, 7) is 1.14. The van der Waals surface area contributed by atoms with Gasteiger partial charge in [-0.15, -0.1) is 11.6 Å². The molecule has 0 radical (unpaired) electrons.